The third-order valence-electron chi connectivity index (χ3n) is 3.50. The second-order valence-corrected chi connectivity index (χ2v) is 5.02. The highest BCUT2D eigenvalue weighted by molar-refractivity contribution is 5.27. The second-order valence-electron chi connectivity index (χ2n) is 5.02. The summed E-state index contributed by atoms with van der Waals surface area (Å²) in [7, 11) is 0. The summed E-state index contributed by atoms with van der Waals surface area (Å²) in [4.78, 5) is 2.49. The van der Waals surface area contributed by atoms with Crippen LogP contribution in [-0.4, -0.2) is 43.7 Å². The molecule has 1 heterocycles. The number of hydrogen-bond donors (Lipinski definition) is 1. The molecule has 1 aliphatic rings. The van der Waals surface area contributed by atoms with Crippen LogP contribution in [0, 0.1) is 6.92 Å². The molecule has 3 heteroatoms. The third-order valence-corrected chi connectivity index (χ3v) is 3.50. The van der Waals surface area contributed by atoms with Crippen molar-refractivity contribution >= 4 is 0 Å². The van der Waals surface area contributed by atoms with E-state index < -0.39 is 0 Å². The minimum atomic E-state index is 0.651. The SMILES string of the molecule is CCC1CN(CCOc2cccc(C)c2)CCN1. The molecular formula is C15H24N2O. The Balaban J connectivity index is 1.72. The Bertz CT molecular complexity index is 367. The van der Waals surface area contributed by atoms with Gasteiger partial charge in [-0.1, -0.05) is 19.1 Å². The lowest BCUT2D eigenvalue weighted by atomic mass is 10.1. The van der Waals surface area contributed by atoms with Crippen LogP contribution in [0.5, 0.6) is 5.75 Å². The summed E-state index contributed by atoms with van der Waals surface area (Å²) in [6.07, 6.45) is 1.20. The molecule has 1 aromatic carbocycles. The molecule has 1 unspecified atom stereocenters. The van der Waals surface area contributed by atoms with Crippen LogP contribution in [0.15, 0.2) is 24.3 Å². The molecule has 0 amide bonds. The fraction of sp³-hybridized carbons (Fsp3) is 0.600. The first-order valence-corrected chi connectivity index (χ1v) is 6.93. The van der Waals surface area contributed by atoms with Gasteiger partial charge in [0.2, 0.25) is 0 Å². The van der Waals surface area contributed by atoms with E-state index in [4.69, 9.17) is 4.74 Å². The van der Waals surface area contributed by atoms with Gasteiger partial charge in [0, 0.05) is 32.2 Å². The largest absolute Gasteiger partial charge is 0.492 e. The Morgan fingerprint density at radius 2 is 2.33 bits per heavy atom. The first kappa shape index (κ1) is 13.4. The molecule has 0 spiro atoms. The maximum Gasteiger partial charge on any atom is 0.119 e. The van der Waals surface area contributed by atoms with Crippen LogP contribution in [-0.2, 0) is 0 Å². The first-order chi connectivity index (χ1) is 8.78. The van der Waals surface area contributed by atoms with Crippen molar-refractivity contribution in [2.75, 3.05) is 32.8 Å². The van der Waals surface area contributed by atoms with Crippen molar-refractivity contribution in [1.29, 1.82) is 0 Å². The maximum absolute atomic E-state index is 5.80. The number of ether oxygens (including phenoxy) is 1. The van der Waals surface area contributed by atoms with Gasteiger partial charge in [0.25, 0.3) is 0 Å². The van der Waals surface area contributed by atoms with E-state index in [1.165, 1.54) is 12.0 Å². The molecule has 18 heavy (non-hydrogen) atoms. The molecule has 0 aliphatic carbocycles. The summed E-state index contributed by atoms with van der Waals surface area (Å²) in [6, 6.07) is 8.90. The van der Waals surface area contributed by atoms with E-state index in [-0.39, 0.29) is 0 Å². The summed E-state index contributed by atoms with van der Waals surface area (Å²) in [5.41, 5.74) is 1.25. The molecule has 1 atom stereocenters. The van der Waals surface area contributed by atoms with Crippen molar-refractivity contribution in [2.24, 2.45) is 0 Å². The third kappa shape index (κ3) is 4.00. The zero-order valence-corrected chi connectivity index (χ0v) is 11.5. The van der Waals surface area contributed by atoms with Crippen LogP contribution >= 0.6 is 0 Å². The van der Waals surface area contributed by atoms with Gasteiger partial charge in [-0.3, -0.25) is 4.90 Å². The van der Waals surface area contributed by atoms with E-state index in [1.807, 2.05) is 12.1 Å². The normalized spacial score (nSPS) is 20.9. The quantitative estimate of drug-likeness (QED) is 0.863. The van der Waals surface area contributed by atoms with Crippen molar-refractivity contribution < 1.29 is 4.74 Å². The fourth-order valence-electron chi connectivity index (χ4n) is 2.37. The number of hydrogen-bond acceptors (Lipinski definition) is 3. The average molecular weight is 248 g/mol. The lowest BCUT2D eigenvalue weighted by molar-refractivity contribution is 0.164. The molecule has 2 rings (SSSR count). The summed E-state index contributed by atoms with van der Waals surface area (Å²) in [5, 5.41) is 3.53. The number of rotatable bonds is 5. The predicted molar refractivity (Wildman–Crippen MR) is 75.2 cm³/mol. The number of nitrogens with zero attached hydrogens (tertiary/aromatic N) is 1. The highest BCUT2D eigenvalue weighted by Gasteiger charge is 2.16. The number of aryl methyl sites for hydroxylation is 1. The monoisotopic (exact) mass is 248 g/mol. The molecule has 0 radical (unpaired) electrons. The zero-order valence-electron chi connectivity index (χ0n) is 11.5. The van der Waals surface area contributed by atoms with Crippen LogP contribution in [0.4, 0.5) is 0 Å². The molecule has 3 nitrogen and oxygen atoms in total. The van der Waals surface area contributed by atoms with E-state index in [0.717, 1.165) is 38.5 Å². The van der Waals surface area contributed by atoms with E-state index in [9.17, 15) is 0 Å². The van der Waals surface area contributed by atoms with Gasteiger partial charge in [0.05, 0.1) is 0 Å². The standard InChI is InChI=1S/C15H24N2O/c1-3-14-12-17(8-7-16-14)9-10-18-15-6-4-5-13(2)11-15/h4-6,11,14,16H,3,7-10,12H2,1-2H3. The lowest BCUT2D eigenvalue weighted by Crippen LogP contribution is -2.51. The molecule has 1 aromatic rings. The van der Waals surface area contributed by atoms with Crippen molar-refractivity contribution in [3.8, 4) is 5.75 Å². The molecule has 0 saturated carbocycles. The molecule has 1 aliphatic heterocycles. The fourth-order valence-corrected chi connectivity index (χ4v) is 2.37. The molecule has 1 N–H and O–H groups in total. The van der Waals surface area contributed by atoms with Gasteiger partial charge in [0.1, 0.15) is 12.4 Å². The number of nitrogens with one attached hydrogen (secondary N) is 1. The Hall–Kier alpha value is -1.06. The van der Waals surface area contributed by atoms with E-state index in [2.05, 4.69) is 36.2 Å². The topological polar surface area (TPSA) is 24.5 Å². The van der Waals surface area contributed by atoms with Crippen molar-refractivity contribution in [3.05, 3.63) is 29.8 Å². The molecular weight excluding hydrogens is 224 g/mol. The molecule has 0 aromatic heterocycles. The van der Waals surface area contributed by atoms with Gasteiger partial charge < -0.3 is 10.1 Å². The van der Waals surface area contributed by atoms with Gasteiger partial charge in [-0.2, -0.15) is 0 Å². The first-order valence-electron chi connectivity index (χ1n) is 6.93. The smallest absolute Gasteiger partial charge is 0.119 e. The predicted octanol–water partition coefficient (Wildman–Crippen LogP) is 2.06. The van der Waals surface area contributed by atoms with Crippen LogP contribution in [0.25, 0.3) is 0 Å². The minimum Gasteiger partial charge on any atom is -0.492 e. The van der Waals surface area contributed by atoms with Crippen molar-refractivity contribution in [3.63, 3.8) is 0 Å². The van der Waals surface area contributed by atoms with E-state index in [1.54, 1.807) is 0 Å². The molecule has 100 valence electrons. The van der Waals surface area contributed by atoms with Gasteiger partial charge in [-0.05, 0) is 31.0 Å². The Labute approximate surface area is 110 Å². The van der Waals surface area contributed by atoms with Gasteiger partial charge in [-0.15, -0.1) is 0 Å². The van der Waals surface area contributed by atoms with Crippen LogP contribution in [0.1, 0.15) is 18.9 Å². The lowest BCUT2D eigenvalue weighted by Gasteiger charge is -2.33. The second kappa shape index (κ2) is 6.76. The minimum absolute atomic E-state index is 0.651. The Morgan fingerprint density at radius 1 is 1.44 bits per heavy atom. The van der Waals surface area contributed by atoms with Crippen molar-refractivity contribution in [2.45, 2.75) is 26.3 Å². The van der Waals surface area contributed by atoms with Crippen molar-refractivity contribution in [1.82, 2.24) is 10.2 Å². The summed E-state index contributed by atoms with van der Waals surface area (Å²) < 4.78 is 5.80. The van der Waals surface area contributed by atoms with Gasteiger partial charge in [0.15, 0.2) is 0 Å². The Kier molecular flexibility index (Phi) is 5.02. The molecule has 0 bridgehead atoms. The number of piperazine rings is 1. The highest BCUT2D eigenvalue weighted by atomic mass is 16.5. The molecule has 1 fully saturated rings. The summed E-state index contributed by atoms with van der Waals surface area (Å²) in [6.45, 7) is 9.51. The van der Waals surface area contributed by atoms with Gasteiger partial charge >= 0.3 is 0 Å². The van der Waals surface area contributed by atoms with Gasteiger partial charge in [-0.25, -0.2) is 0 Å². The zero-order chi connectivity index (χ0) is 12.8. The van der Waals surface area contributed by atoms with E-state index in [0.29, 0.717) is 6.04 Å². The van der Waals surface area contributed by atoms with Crippen LogP contribution in [0.2, 0.25) is 0 Å². The van der Waals surface area contributed by atoms with E-state index >= 15 is 0 Å². The summed E-state index contributed by atoms with van der Waals surface area (Å²) >= 11 is 0. The van der Waals surface area contributed by atoms with Crippen LogP contribution in [0.3, 0.4) is 0 Å². The maximum atomic E-state index is 5.80. The number of benzene rings is 1. The molecule has 1 saturated heterocycles. The summed E-state index contributed by atoms with van der Waals surface area (Å²) in [5.74, 6) is 0.983. The highest BCUT2D eigenvalue weighted by Crippen LogP contribution is 2.12. The average Bonchev–Trinajstić information content (AvgIpc) is 2.39. The Morgan fingerprint density at radius 3 is 3.11 bits per heavy atom. The van der Waals surface area contributed by atoms with Crippen LogP contribution < -0.4 is 10.1 Å².